The molecular weight excluding hydrogens is 709 g/mol. The van der Waals surface area contributed by atoms with Gasteiger partial charge in [-0.3, -0.25) is 9.59 Å². The number of carbonyl (C=O) groups is 2. The maximum Gasteiger partial charge on any atom is 0.222 e. The van der Waals surface area contributed by atoms with Gasteiger partial charge >= 0.3 is 0 Å². The highest BCUT2D eigenvalue weighted by Gasteiger charge is 2.16. The van der Waals surface area contributed by atoms with Crippen LogP contribution in [0.2, 0.25) is 0 Å². The van der Waals surface area contributed by atoms with E-state index in [0.29, 0.717) is 24.7 Å². The second kappa shape index (κ2) is 48.6. The Hall–Kier alpha value is -1.06. The molecule has 346 valence electrons. The van der Waals surface area contributed by atoms with E-state index in [2.05, 4.69) is 37.5 Å². The lowest BCUT2D eigenvalue weighted by molar-refractivity contribution is -0.133. The molecule has 0 N–H and O–H groups in total. The summed E-state index contributed by atoms with van der Waals surface area (Å²) in [4.78, 5) is 31.5. The van der Waals surface area contributed by atoms with Crippen LogP contribution >= 0.6 is 0 Å². The molecule has 0 heterocycles. The zero-order chi connectivity index (χ0) is 42.3. The van der Waals surface area contributed by atoms with Crippen LogP contribution < -0.4 is 0 Å². The molecule has 0 rings (SSSR count). The molecule has 0 spiro atoms. The van der Waals surface area contributed by atoms with Gasteiger partial charge in [0.1, 0.15) is 0 Å². The molecular formula is C54H108N2O2. The van der Waals surface area contributed by atoms with Gasteiger partial charge in [-0.05, 0) is 38.5 Å². The van der Waals surface area contributed by atoms with Gasteiger partial charge in [0, 0.05) is 39.0 Å². The maximum absolute atomic E-state index is 13.6. The molecule has 0 aromatic rings. The molecule has 0 aliphatic heterocycles. The van der Waals surface area contributed by atoms with Crippen molar-refractivity contribution in [3.8, 4) is 0 Å². The van der Waals surface area contributed by atoms with Crippen LogP contribution in [0.4, 0.5) is 0 Å². The Labute approximate surface area is 366 Å². The number of nitrogens with zero attached hydrogens (tertiary/aromatic N) is 2. The molecule has 0 aliphatic rings. The van der Waals surface area contributed by atoms with E-state index in [1.165, 1.54) is 231 Å². The van der Waals surface area contributed by atoms with Crippen molar-refractivity contribution in [2.75, 3.05) is 26.2 Å². The average Bonchev–Trinajstić information content (AvgIpc) is 3.23. The quantitative estimate of drug-likeness (QED) is 0.0574. The fourth-order valence-corrected chi connectivity index (χ4v) is 8.75. The van der Waals surface area contributed by atoms with Crippen molar-refractivity contribution in [1.29, 1.82) is 0 Å². The number of unbranched alkanes of at least 4 members (excludes halogenated alkanes) is 37. The number of hydrogen-bond acceptors (Lipinski definition) is 2. The number of amides is 2. The number of hydrogen-bond donors (Lipinski definition) is 0. The Morgan fingerprint density at radius 2 is 0.379 bits per heavy atom. The fourth-order valence-electron chi connectivity index (χ4n) is 8.75. The van der Waals surface area contributed by atoms with E-state index in [9.17, 15) is 9.59 Å². The van der Waals surface area contributed by atoms with Gasteiger partial charge in [-0.2, -0.15) is 0 Å². The summed E-state index contributed by atoms with van der Waals surface area (Å²) in [6.45, 7) is 12.9. The van der Waals surface area contributed by atoms with E-state index in [1.54, 1.807) is 0 Å². The average molecular weight is 817 g/mol. The van der Waals surface area contributed by atoms with Gasteiger partial charge in [0.05, 0.1) is 0 Å². The predicted octanol–water partition coefficient (Wildman–Crippen LogP) is 17.9. The van der Waals surface area contributed by atoms with Gasteiger partial charge in [-0.1, -0.05) is 259 Å². The summed E-state index contributed by atoms with van der Waals surface area (Å²) in [6.07, 6.45) is 56.2. The molecule has 2 amide bonds. The third-order valence-corrected chi connectivity index (χ3v) is 12.9. The van der Waals surface area contributed by atoms with Crippen LogP contribution in [0.3, 0.4) is 0 Å². The predicted molar refractivity (Wildman–Crippen MR) is 259 cm³/mol. The minimum Gasteiger partial charge on any atom is -0.343 e. The standard InChI is InChI=1S/C54H108N2O2/c1-5-9-13-17-21-25-29-33-37-43-49-55(50-44-38-34-30-26-22-18-14-10-6-2)53(57)47-41-42-48-54(58)56(51-45-39-35-31-27-23-19-15-11-7-3)52-46-40-36-32-28-24-20-16-12-8-4/h5-52H2,1-4H3. The SMILES string of the molecule is CCCCCCCCCCCCN(CCCCCCCCCCCC)C(=O)CCCCC(=O)N(CCCCCCCCCCCC)CCCCCCCCCCCC. The second-order valence-corrected chi connectivity index (χ2v) is 18.7. The fraction of sp³-hybridized carbons (Fsp3) is 0.963. The highest BCUT2D eigenvalue weighted by Crippen LogP contribution is 2.17. The molecule has 4 heteroatoms. The Balaban J connectivity index is 4.75. The van der Waals surface area contributed by atoms with Crippen molar-refractivity contribution in [2.45, 2.75) is 310 Å². The van der Waals surface area contributed by atoms with Crippen LogP contribution in [0.1, 0.15) is 310 Å². The zero-order valence-electron chi connectivity index (χ0n) is 40.7. The van der Waals surface area contributed by atoms with Gasteiger partial charge < -0.3 is 9.80 Å². The van der Waals surface area contributed by atoms with Crippen molar-refractivity contribution >= 4 is 11.8 Å². The van der Waals surface area contributed by atoms with Crippen LogP contribution in [0.5, 0.6) is 0 Å². The van der Waals surface area contributed by atoms with E-state index in [1.807, 2.05) is 0 Å². The first-order valence-electron chi connectivity index (χ1n) is 27.2. The summed E-state index contributed by atoms with van der Waals surface area (Å²) < 4.78 is 0. The van der Waals surface area contributed by atoms with Gasteiger partial charge in [-0.25, -0.2) is 0 Å². The smallest absolute Gasteiger partial charge is 0.222 e. The van der Waals surface area contributed by atoms with Gasteiger partial charge in [0.15, 0.2) is 0 Å². The minimum atomic E-state index is 0.340. The second-order valence-electron chi connectivity index (χ2n) is 18.7. The lowest BCUT2D eigenvalue weighted by Gasteiger charge is -2.24. The molecule has 4 nitrogen and oxygen atoms in total. The van der Waals surface area contributed by atoms with E-state index in [0.717, 1.165) is 64.7 Å². The lowest BCUT2D eigenvalue weighted by atomic mass is 10.1. The largest absolute Gasteiger partial charge is 0.343 e. The third kappa shape index (κ3) is 41.7. The van der Waals surface area contributed by atoms with Gasteiger partial charge in [-0.15, -0.1) is 0 Å². The van der Waals surface area contributed by atoms with Crippen molar-refractivity contribution < 1.29 is 9.59 Å². The molecule has 0 unspecified atom stereocenters. The van der Waals surface area contributed by atoms with Crippen molar-refractivity contribution in [2.24, 2.45) is 0 Å². The molecule has 0 aromatic carbocycles. The Kier molecular flexibility index (Phi) is 47.7. The van der Waals surface area contributed by atoms with E-state index in [4.69, 9.17) is 0 Å². The Morgan fingerprint density at radius 3 is 0.552 bits per heavy atom. The van der Waals surface area contributed by atoms with Crippen LogP contribution in [0.25, 0.3) is 0 Å². The summed E-state index contributed by atoms with van der Waals surface area (Å²) >= 11 is 0. The number of carbonyl (C=O) groups excluding carboxylic acids is 2. The first kappa shape index (κ1) is 56.9. The third-order valence-electron chi connectivity index (χ3n) is 12.9. The summed E-state index contributed by atoms with van der Waals surface area (Å²) in [6, 6.07) is 0. The molecule has 0 radical (unpaired) electrons. The topological polar surface area (TPSA) is 40.6 Å². The van der Waals surface area contributed by atoms with Gasteiger partial charge in [0.25, 0.3) is 0 Å². The highest BCUT2D eigenvalue weighted by atomic mass is 16.2. The lowest BCUT2D eigenvalue weighted by Crippen LogP contribution is -2.33. The summed E-state index contributed by atoms with van der Waals surface area (Å²) in [7, 11) is 0. The highest BCUT2D eigenvalue weighted by molar-refractivity contribution is 5.77. The van der Waals surface area contributed by atoms with Crippen LogP contribution in [-0.2, 0) is 9.59 Å². The summed E-state index contributed by atoms with van der Waals surface area (Å²) in [5, 5.41) is 0. The van der Waals surface area contributed by atoms with Crippen molar-refractivity contribution in [1.82, 2.24) is 9.80 Å². The molecule has 0 saturated carbocycles. The van der Waals surface area contributed by atoms with Gasteiger partial charge in [0.2, 0.25) is 11.8 Å². The molecule has 58 heavy (non-hydrogen) atoms. The zero-order valence-corrected chi connectivity index (χ0v) is 40.7. The number of rotatable bonds is 49. The first-order valence-corrected chi connectivity index (χ1v) is 27.2. The minimum absolute atomic E-state index is 0.340. The molecule has 0 atom stereocenters. The van der Waals surface area contributed by atoms with Crippen molar-refractivity contribution in [3.63, 3.8) is 0 Å². The van der Waals surface area contributed by atoms with E-state index in [-0.39, 0.29) is 0 Å². The Bertz CT molecular complexity index is 701. The maximum atomic E-state index is 13.6. The summed E-state index contributed by atoms with van der Waals surface area (Å²) in [5.41, 5.74) is 0. The van der Waals surface area contributed by atoms with Crippen LogP contribution in [0.15, 0.2) is 0 Å². The molecule has 0 aliphatic carbocycles. The monoisotopic (exact) mass is 817 g/mol. The van der Waals surface area contributed by atoms with E-state index < -0.39 is 0 Å². The van der Waals surface area contributed by atoms with Crippen molar-refractivity contribution in [3.05, 3.63) is 0 Å². The molecule has 0 fully saturated rings. The molecule has 0 saturated heterocycles. The van der Waals surface area contributed by atoms with Crippen LogP contribution in [0, 0.1) is 0 Å². The van der Waals surface area contributed by atoms with Crippen LogP contribution in [-0.4, -0.2) is 47.8 Å². The first-order chi connectivity index (χ1) is 28.6. The normalized spacial score (nSPS) is 11.4. The summed E-state index contributed by atoms with van der Waals surface area (Å²) in [5.74, 6) is 0.679. The van der Waals surface area contributed by atoms with E-state index >= 15 is 0 Å². The molecule has 0 bridgehead atoms. The molecule has 0 aromatic heterocycles. The Morgan fingerprint density at radius 1 is 0.224 bits per heavy atom.